The molecule has 1 aliphatic heterocycles. The van der Waals surface area contributed by atoms with E-state index in [-0.39, 0.29) is 37.2 Å². The van der Waals surface area contributed by atoms with Crippen molar-refractivity contribution in [1.29, 1.82) is 0 Å². The summed E-state index contributed by atoms with van der Waals surface area (Å²) in [5.74, 6) is -0.846. The van der Waals surface area contributed by atoms with Gasteiger partial charge in [-0.3, -0.25) is 9.59 Å². The van der Waals surface area contributed by atoms with Crippen LogP contribution in [-0.4, -0.2) is 59.9 Å². The van der Waals surface area contributed by atoms with Gasteiger partial charge in [0.1, 0.15) is 6.61 Å². The van der Waals surface area contributed by atoms with Crippen LogP contribution in [-0.2, 0) is 19.1 Å². The number of hydrogen-bond acceptors (Lipinski definition) is 4. The van der Waals surface area contributed by atoms with Crippen molar-refractivity contribution in [3.05, 3.63) is 0 Å². The van der Waals surface area contributed by atoms with Crippen LogP contribution in [0, 0.1) is 0 Å². The molecule has 0 saturated carbocycles. The highest BCUT2D eigenvalue weighted by atomic mass is 16.5. The molecule has 0 radical (unpaired) electrons. The van der Waals surface area contributed by atoms with Gasteiger partial charge in [-0.25, -0.2) is 0 Å². The number of ether oxygens (including phenoxy) is 2. The third kappa shape index (κ3) is 6.86. The Labute approximate surface area is 120 Å². The molecule has 0 aromatic rings. The standard InChI is InChI=1S/C14H25NO5/c1-14(2,3)20-10-12(16)15-7-4-11(5-8-15)19-9-6-13(17)18/h11H,4-10H2,1-3H3,(H,17,18). The molecule has 1 rings (SSSR count). The van der Waals surface area contributed by atoms with Crippen LogP contribution in [0.25, 0.3) is 0 Å². The summed E-state index contributed by atoms with van der Waals surface area (Å²) in [5, 5.41) is 8.54. The fourth-order valence-corrected chi connectivity index (χ4v) is 1.95. The van der Waals surface area contributed by atoms with Crippen molar-refractivity contribution in [2.45, 2.75) is 51.7 Å². The molecule has 0 aromatic heterocycles. The number of carboxylic acids is 1. The van der Waals surface area contributed by atoms with Crippen LogP contribution in [0.4, 0.5) is 0 Å². The second-order valence-electron chi connectivity index (χ2n) is 6.00. The Hall–Kier alpha value is -1.14. The van der Waals surface area contributed by atoms with Crippen LogP contribution in [0.5, 0.6) is 0 Å². The van der Waals surface area contributed by atoms with E-state index >= 15 is 0 Å². The van der Waals surface area contributed by atoms with Gasteiger partial charge in [0.15, 0.2) is 0 Å². The second kappa shape index (κ2) is 7.59. The highest BCUT2D eigenvalue weighted by molar-refractivity contribution is 5.77. The Balaban J connectivity index is 2.21. The lowest BCUT2D eigenvalue weighted by Crippen LogP contribution is -2.43. The zero-order valence-electron chi connectivity index (χ0n) is 12.6. The van der Waals surface area contributed by atoms with Crippen LogP contribution in [0.3, 0.4) is 0 Å². The summed E-state index contributed by atoms with van der Waals surface area (Å²) < 4.78 is 11.0. The molecule has 1 aliphatic rings. The number of carboxylic acid groups (broad SMARTS) is 1. The predicted molar refractivity (Wildman–Crippen MR) is 73.5 cm³/mol. The summed E-state index contributed by atoms with van der Waals surface area (Å²) in [4.78, 5) is 24.1. The number of amides is 1. The number of hydrogen-bond donors (Lipinski definition) is 1. The Morgan fingerprint density at radius 3 is 2.35 bits per heavy atom. The van der Waals surface area contributed by atoms with E-state index in [1.165, 1.54) is 0 Å². The van der Waals surface area contributed by atoms with E-state index in [0.29, 0.717) is 13.1 Å². The lowest BCUT2D eigenvalue weighted by molar-refractivity contribution is -0.143. The highest BCUT2D eigenvalue weighted by Gasteiger charge is 2.24. The number of rotatable bonds is 6. The Morgan fingerprint density at radius 2 is 1.85 bits per heavy atom. The molecule has 1 amide bonds. The Kier molecular flexibility index (Phi) is 6.42. The van der Waals surface area contributed by atoms with E-state index < -0.39 is 5.97 Å². The van der Waals surface area contributed by atoms with E-state index in [0.717, 1.165) is 12.8 Å². The van der Waals surface area contributed by atoms with Crippen molar-refractivity contribution in [1.82, 2.24) is 4.90 Å². The fourth-order valence-electron chi connectivity index (χ4n) is 1.95. The van der Waals surface area contributed by atoms with Gasteiger partial charge >= 0.3 is 5.97 Å². The number of aliphatic carboxylic acids is 1. The average Bonchev–Trinajstić information content (AvgIpc) is 2.35. The SMILES string of the molecule is CC(C)(C)OCC(=O)N1CCC(OCCC(=O)O)CC1. The van der Waals surface area contributed by atoms with Crippen LogP contribution in [0.2, 0.25) is 0 Å². The number of carbonyl (C=O) groups excluding carboxylic acids is 1. The first-order chi connectivity index (χ1) is 9.28. The number of likely N-dealkylation sites (tertiary alicyclic amines) is 1. The first kappa shape index (κ1) is 16.9. The summed E-state index contributed by atoms with van der Waals surface area (Å²) >= 11 is 0. The van der Waals surface area contributed by atoms with E-state index in [2.05, 4.69) is 0 Å². The molecule has 116 valence electrons. The normalized spacial score (nSPS) is 17.2. The molecule has 1 fully saturated rings. The molecule has 6 heteroatoms. The molecule has 0 aromatic carbocycles. The van der Waals surface area contributed by atoms with Crippen LogP contribution in [0.1, 0.15) is 40.0 Å². The van der Waals surface area contributed by atoms with Gasteiger partial charge in [-0.2, -0.15) is 0 Å². The van der Waals surface area contributed by atoms with Gasteiger partial charge in [-0.05, 0) is 33.6 Å². The lowest BCUT2D eigenvalue weighted by atomic mass is 10.1. The van der Waals surface area contributed by atoms with E-state index in [4.69, 9.17) is 14.6 Å². The predicted octanol–water partition coefficient (Wildman–Crippen LogP) is 1.28. The summed E-state index contributed by atoms with van der Waals surface area (Å²) in [6.07, 6.45) is 1.59. The van der Waals surface area contributed by atoms with Gasteiger partial charge in [0.25, 0.3) is 0 Å². The minimum atomic E-state index is -0.850. The summed E-state index contributed by atoms with van der Waals surface area (Å²) in [7, 11) is 0. The summed E-state index contributed by atoms with van der Waals surface area (Å²) in [6, 6.07) is 0. The van der Waals surface area contributed by atoms with Crippen LogP contribution in [0.15, 0.2) is 0 Å². The maximum absolute atomic E-state index is 11.9. The molecule has 0 spiro atoms. The van der Waals surface area contributed by atoms with Gasteiger partial charge in [-0.15, -0.1) is 0 Å². The molecule has 0 unspecified atom stereocenters. The summed E-state index contributed by atoms with van der Waals surface area (Å²) in [5.41, 5.74) is -0.312. The molecular formula is C14H25NO5. The largest absolute Gasteiger partial charge is 0.481 e. The second-order valence-corrected chi connectivity index (χ2v) is 6.00. The quantitative estimate of drug-likeness (QED) is 0.796. The molecule has 6 nitrogen and oxygen atoms in total. The number of piperidine rings is 1. The van der Waals surface area contributed by atoms with Crippen LogP contribution < -0.4 is 0 Å². The van der Waals surface area contributed by atoms with Gasteiger partial charge in [0.05, 0.1) is 24.7 Å². The van der Waals surface area contributed by atoms with E-state index in [9.17, 15) is 9.59 Å². The minimum absolute atomic E-state index is 0.00362. The van der Waals surface area contributed by atoms with Gasteiger partial charge in [-0.1, -0.05) is 0 Å². The molecule has 0 atom stereocenters. The smallest absolute Gasteiger partial charge is 0.305 e. The van der Waals surface area contributed by atoms with Crippen LogP contribution >= 0.6 is 0 Å². The fraction of sp³-hybridized carbons (Fsp3) is 0.857. The number of nitrogens with zero attached hydrogens (tertiary/aromatic N) is 1. The highest BCUT2D eigenvalue weighted by Crippen LogP contribution is 2.15. The van der Waals surface area contributed by atoms with Gasteiger partial charge < -0.3 is 19.5 Å². The third-order valence-corrected chi connectivity index (χ3v) is 3.09. The van der Waals surface area contributed by atoms with Gasteiger partial charge in [0.2, 0.25) is 5.91 Å². The average molecular weight is 287 g/mol. The van der Waals surface area contributed by atoms with Crippen molar-refractivity contribution in [3.63, 3.8) is 0 Å². The maximum Gasteiger partial charge on any atom is 0.305 e. The molecule has 1 heterocycles. The topological polar surface area (TPSA) is 76.1 Å². The molecule has 20 heavy (non-hydrogen) atoms. The first-order valence-corrected chi connectivity index (χ1v) is 7.03. The van der Waals surface area contributed by atoms with E-state index in [1.807, 2.05) is 20.8 Å². The number of carbonyl (C=O) groups is 2. The molecule has 0 aliphatic carbocycles. The zero-order chi connectivity index (χ0) is 15.2. The third-order valence-electron chi connectivity index (χ3n) is 3.09. The first-order valence-electron chi connectivity index (χ1n) is 7.03. The molecule has 1 saturated heterocycles. The lowest BCUT2D eigenvalue weighted by Gasteiger charge is -2.32. The zero-order valence-corrected chi connectivity index (χ0v) is 12.6. The monoisotopic (exact) mass is 287 g/mol. The molecular weight excluding hydrogens is 262 g/mol. The molecule has 1 N–H and O–H groups in total. The van der Waals surface area contributed by atoms with Crippen molar-refractivity contribution >= 4 is 11.9 Å². The van der Waals surface area contributed by atoms with Crippen molar-refractivity contribution in [3.8, 4) is 0 Å². The maximum atomic E-state index is 11.9. The van der Waals surface area contributed by atoms with E-state index in [1.54, 1.807) is 4.90 Å². The molecule has 0 bridgehead atoms. The van der Waals surface area contributed by atoms with Crippen molar-refractivity contribution < 1.29 is 24.2 Å². The van der Waals surface area contributed by atoms with Crippen molar-refractivity contribution in [2.75, 3.05) is 26.3 Å². The Bertz CT molecular complexity index is 329. The minimum Gasteiger partial charge on any atom is -0.481 e. The summed E-state index contributed by atoms with van der Waals surface area (Å²) in [6.45, 7) is 7.39. The van der Waals surface area contributed by atoms with Gasteiger partial charge in [0, 0.05) is 13.1 Å². The van der Waals surface area contributed by atoms with Crippen molar-refractivity contribution in [2.24, 2.45) is 0 Å². The Morgan fingerprint density at radius 1 is 1.25 bits per heavy atom.